The zero-order chi connectivity index (χ0) is 17.1. The van der Waals surface area contributed by atoms with Crippen molar-refractivity contribution >= 4 is 33.4 Å². The molecule has 0 aliphatic rings. The zero-order valence-electron chi connectivity index (χ0n) is 13.3. The minimum Gasteiger partial charge on any atom is -0.444 e. The van der Waals surface area contributed by atoms with Gasteiger partial charge in [-0.05, 0) is 44.9 Å². The molecule has 2 N–H and O–H groups in total. The second-order valence-corrected chi connectivity index (χ2v) is 8.15. The Bertz CT molecular complexity index is 643. The van der Waals surface area contributed by atoms with Gasteiger partial charge >= 0.3 is 6.09 Å². The molecule has 1 aromatic rings. The lowest BCUT2D eigenvalue weighted by Crippen LogP contribution is -2.32. The maximum Gasteiger partial charge on any atom is 0.407 e. The molecule has 0 fully saturated rings. The molecule has 0 aromatic heterocycles. The van der Waals surface area contributed by atoms with Crippen LogP contribution in [0.5, 0.6) is 0 Å². The van der Waals surface area contributed by atoms with E-state index in [1.807, 2.05) is 0 Å². The van der Waals surface area contributed by atoms with Gasteiger partial charge in [-0.25, -0.2) is 13.2 Å². The van der Waals surface area contributed by atoms with E-state index < -0.39 is 21.7 Å². The Morgan fingerprint density at radius 3 is 2.36 bits per heavy atom. The van der Waals surface area contributed by atoms with E-state index >= 15 is 0 Å². The summed E-state index contributed by atoms with van der Waals surface area (Å²) in [5.74, 6) is 0. The number of alkyl carbamates (subject to hydrolysis) is 1. The van der Waals surface area contributed by atoms with Crippen molar-refractivity contribution < 1.29 is 17.9 Å². The molecule has 0 aliphatic heterocycles. The topological polar surface area (TPSA) is 84.5 Å². The van der Waals surface area contributed by atoms with Gasteiger partial charge in [-0.2, -0.15) is 0 Å². The summed E-state index contributed by atoms with van der Waals surface area (Å²) in [4.78, 5) is 11.6. The van der Waals surface area contributed by atoms with Gasteiger partial charge in [0.05, 0.1) is 17.0 Å². The molecule has 0 spiro atoms. The molecule has 0 saturated heterocycles. The molecule has 1 rings (SSSR count). The van der Waals surface area contributed by atoms with Gasteiger partial charge in [0.2, 0.25) is 10.0 Å². The summed E-state index contributed by atoms with van der Waals surface area (Å²) in [6, 6.07) is 3.34. The standard InChI is InChI=1S/C14H21ClN2O4S/c1-9-6-10(8-16-13(18)21-14(2,3)4)7-11(15)12(9)17-22(5,19)20/h6-7,17H,8H2,1-5H3,(H,16,18). The maximum atomic E-state index is 11.6. The number of carbonyl (C=O) groups excluding carboxylic acids is 1. The Hall–Kier alpha value is -1.47. The third kappa shape index (κ3) is 6.53. The van der Waals surface area contributed by atoms with E-state index in [9.17, 15) is 13.2 Å². The van der Waals surface area contributed by atoms with E-state index in [1.54, 1.807) is 39.8 Å². The number of halogens is 1. The highest BCUT2D eigenvalue weighted by Crippen LogP contribution is 2.28. The number of hydrogen-bond donors (Lipinski definition) is 2. The number of carbonyl (C=O) groups is 1. The predicted molar refractivity (Wildman–Crippen MR) is 87.7 cm³/mol. The highest BCUT2D eigenvalue weighted by molar-refractivity contribution is 7.92. The summed E-state index contributed by atoms with van der Waals surface area (Å²) in [6.45, 7) is 7.29. The third-order valence-electron chi connectivity index (χ3n) is 2.47. The van der Waals surface area contributed by atoms with Crippen molar-refractivity contribution in [3.8, 4) is 0 Å². The van der Waals surface area contributed by atoms with Crippen molar-refractivity contribution in [2.45, 2.75) is 39.8 Å². The van der Waals surface area contributed by atoms with E-state index in [-0.39, 0.29) is 11.6 Å². The summed E-state index contributed by atoms with van der Waals surface area (Å²) in [6.07, 6.45) is 0.528. The molecule has 8 heteroatoms. The molecule has 0 aliphatic carbocycles. The van der Waals surface area contributed by atoms with Crippen LogP contribution in [0.25, 0.3) is 0 Å². The van der Waals surface area contributed by atoms with Crippen molar-refractivity contribution in [1.82, 2.24) is 5.32 Å². The minimum atomic E-state index is -3.41. The van der Waals surface area contributed by atoms with Crippen LogP contribution in [0, 0.1) is 6.92 Å². The van der Waals surface area contributed by atoms with Gasteiger partial charge in [-0.3, -0.25) is 4.72 Å². The minimum absolute atomic E-state index is 0.231. The summed E-state index contributed by atoms with van der Waals surface area (Å²) >= 11 is 6.09. The lowest BCUT2D eigenvalue weighted by Gasteiger charge is -2.20. The lowest BCUT2D eigenvalue weighted by atomic mass is 10.1. The van der Waals surface area contributed by atoms with Gasteiger partial charge in [0.25, 0.3) is 0 Å². The number of sulfonamides is 1. The lowest BCUT2D eigenvalue weighted by molar-refractivity contribution is 0.0523. The first-order valence-corrected chi connectivity index (χ1v) is 8.88. The van der Waals surface area contributed by atoms with E-state index in [4.69, 9.17) is 16.3 Å². The second-order valence-electron chi connectivity index (χ2n) is 6.00. The highest BCUT2D eigenvalue weighted by atomic mass is 35.5. The van der Waals surface area contributed by atoms with Crippen LogP contribution in [-0.2, 0) is 21.3 Å². The molecule has 0 unspecified atom stereocenters. The molecule has 0 radical (unpaired) electrons. The molecule has 22 heavy (non-hydrogen) atoms. The zero-order valence-corrected chi connectivity index (χ0v) is 14.9. The number of nitrogens with one attached hydrogen (secondary N) is 2. The first-order chi connectivity index (χ1) is 9.87. The van der Waals surface area contributed by atoms with E-state index in [1.165, 1.54) is 0 Å². The van der Waals surface area contributed by atoms with E-state index in [0.717, 1.165) is 11.8 Å². The van der Waals surface area contributed by atoms with Crippen LogP contribution >= 0.6 is 11.6 Å². The van der Waals surface area contributed by atoms with Crippen molar-refractivity contribution in [2.75, 3.05) is 11.0 Å². The van der Waals surface area contributed by atoms with Gasteiger partial charge in [-0.15, -0.1) is 0 Å². The molecule has 0 saturated carbocycles. The SMILES string of the molecule is Cc1cc(CNC(=O)OC(C)(C)C)cc(Cl)c1NS(C)(=O)=O. The van der Waals surface area contributed by atoms with Crippen LogP contribution in [0.2, 0.25) is 5.02 Å². The fraction of sp³-hybridized carbons (Fsp3) is 0.500. The molecule has 1 amide bonds. The predicted octanol–water partition coefficient (Wildman–Crippen LogP) is 3.04. The van der Waals surface area contributed by atoms with Crippen LogP contribution in [0.15, 0.2) is 12.1 Å². The second kappa shape index (κ2) is 6.75. The van der Waals surface area contributed by atoms with Crippen LogP contribution in [0.3, 0.4) is 0 Å². The van der Waals surface area contributed by atoms with Gasteiger partial charge in [0, 0.05) is 6.54 Å². The smallest absolute Gasteiger partial charge is 0.407 e. The summed E-state index contributed by atoms with van der Waals surface area (Å²) in [5, 5.41) is 2.89. The summed E-state index contributed by atoms with van der Waals surface area (Å²) in [5.41, 5.74) is 1.18. The molecule has 6 nitrogen and oxygen atoms in total. The van der Waals surface area contributed by atoms with E-state index in [0.29, 0.717) is 11.3 Å². The quantitative estimate of drug-likeness (QED) is 0.875. The Morgan fingerprint density at radius 1 is 1.32 bits per heavy atom. The highest BCUT2D eigenvalue weighted by Gasteiger charge is 2.16. The third-order valence-corrected chi connectivity index (χ3v) is 3.34. The Morgan fingerprint density at radius 2 is 1.91 bits per heavy atom. The number of anilines is 1. The number of aryl methyl sites for hydroxylation is 1. The number of ether oxygens (including phenoxy) is 1. The normalized spacial score (nSPS) is 11.9. The molecule has 124 valence electrons. The van der Waals surface area contributed by atoms with Gasteiger partial charge in [-0.1, -0.05) is 17.7 Å². The van der Waals surface area contributed by atoms with Crippen LogP contribution in [-0.4, -0.2) is 26.4 Å². The Balaban J connectivity index is 2.81. The largest absolute Gasteiger partial charge is 0.444 e. The number of hydrogen-bond acceptors (Lipinski definition) is 4. The molecule has 0 heterocycles. The van der Waals surface area contributed by atoms with Crippen molar-refractivity contribution in [3.05, 3.63) is 28.3 Å². The molecular weight excluding hydrogens is 328 g/mol. The van der Waals surface area contributed by atoms with Gasteiger partial charge in [0.1, 0.15) is 5.60 Å². The fourth-order valence-electron chi connectivity index (χ4n) is 1.72. The van der Waals surface area contributed by atoms with Crippen molar-refractivity contribution in [1.29, 1.82) is 0 Å². The number of benzene rings is 1. The summed E-state index contributed by atoms with van der Waals surface area (Å²) < 4.78 is 30.1. The van der Waals surface area contributed by atoms with E-state index in [2.05, 4.69) is 10.0 Å². The molecule has 0 atom stereocenters. The van der Waals surface area contributed by atoms with Crippen LogP contribution in [0.1, 0.15) is 31.9 Å². The maximum absolute atomic E-state index is 11.6. The molecule has 1 aromatic carbocycles. The van der Waals surface area contributed by atoms with Gasteiger partial charge < -0.3 is 10.1 Å². The van der Waals surface area contributed by atoms with Crippen molar-refractivity contribution in [2.24, 2.45) is 0 Å². The molecule has 0 bridgehead atoms. The average Bonchev–Trinajstić information content (AvgIpc) is 2.28. The van der Waals surface area contributed by atoms with Gasteiger partial charge in [0.15, 0.2) is 0 Å². The first-order valence-electron chi connectivity index (χ1n) is 6.61. The Labute approximate surface area is 136 Å². The first kappa shape index (κ1) is 18.6. The van der Waals surface area contributed by atoms with Crippen LogP contribution in [0.4, 0.5) is 10.5 Å². The van der Waals surface area contributed by atoms with Crippen molar-refractivity contribution in [3.63, 3.8) is 0 Å². The molecular formula is C14H21ClN2O4S. The number of rotatable bonds is 4. The van der Waals surface area contributed by atoms with Crippen LogP contribution < -0.4 is 10.0 Å². The number of amides is 1. The fourth-order valence-corrected chi connectivity index (χ4v) is 2.75. The average molecular weight is 349 g/mol. The summed E-state index contributed by atoms with van der Waals surface area (Å²) in [7, 11) is -3.41. The Kier molecular flexibility index (Phi) is 5.70. The monoisotopic (exact) mass is 348 g/mol.